The molecule has 8 heteroatoms. The van der Waals surface area contributed by atoms with Crippen LogP contribution >= 0.6 is 22.6 Å². The minimum atomic E-state index is -0.00575. The summed E-state index contributed by atoms with van der Waals surface area (Å²) in [5.74, 6) is 0.919. The van der Waals surface area contributed by atoms with Gasteiger partial charge in [-0.15, -0.1) is 0 Å². The van der Waals surface area contributed by atoms with Gasteiger partial charge in [0.25, 0.3) is 5.91 Å². The van der Waals surface area contributed by atoms with E-state index in [2.05, 4.69) is 96.2 Å². The molecule has 7 nitrogen and oxygen atoms in total. The van der Waals surface area contributed by atoms with E-state index in [0.29, 0.717) is 36.2 Å². The van der Waals surface area contributed by atoms with E-state index < -0.39 is 0 Å². The number of benzene rings is 3. The maximum absolute atomic E-state index is 14.0. The number of nitrogens with zero attached hydrogens (tertiary/aromatic N) is 4. The fraction of sp³-hybridized carbons (Fsp3) is 0.382. The number of alkyl halides is 1. The molecular weight excluding hydrogens is 639 g/mol. The second-order valence-corrected chi connectivity index (χ2v) is 11.3. The monoisotopic (exact) mass is 679 g/mol. The van der Waals surface area contributed by atoms with Crippen molar-refractivity contribution >= 4 is 51.1 Å². The van der Waals surface area contributed by atoms with Crippen LogP contribution in [0.4, 0.5) is 5.69 Å². The van der Waals surface area contributed by atoms with Crippen LogP contribution in [0.2, 0.25) is 0 Å². The third-order valence-corrected chi connectivity index (χ3v) is 9.06. The summed E-state index contributed by atoms with van der Waals surface area (Å²) in [6, 6.07) is 20.7. The summed E-state index contributed by atoms with van der Waals surface area (Å²) >= 11 is 2.10. The van der Waals surface area contributed by atoms with Crippen molar-refractivity contribution in [3.63, 3.8) is 0 Å². The summed E-state index contributed by atoms with van der Waals surface area (Å²) in [6.07, 6.45) is 0. The zero-order chi connectivity index (χ0) is 29.8. The average Bonchev–Trinajstić information content (AvgIpc) is 3.04. The van der Waals surface area contributed by atoms with Crippen molar-refractivity contribution < 1.29 is 14.0 Å². The first kappa shape index (κ1) is 30.1. The number of carbonyl (C=O) groups excluding carboxylic acids is 2. The number of rotatable bonds is 8. The van der Waals surface area contributed by atoms with Gasteiger partial charge in [0.15, 0.2) is 0 Å². The topological polar surface area (TPSA) is 60.0 Å². The zero-order valence-corrected chi connectivity index (χ0v) is 27.2. The molecule has 2 heterocycles. The lowest BCUT2D eigenvalue weighted by Gasteiger charge is -2.35. The molecule has 2 amide bonds. The van der Waals surface area contributed by atoms with Gasteiger partial charge in [-0.25, -0.2) is 4.58 Å². The molecule has 0 N–H and O–H groups in total. The van der Waals surface area contributed by atoms with Gasteiger partial charge in [0.2, 0.25) is 11.3 Å². The van der Waals surface area contributed by atoms with Crippen LogP contribution in [0.3, 0.4) is 0 Å². The van der Waals surface area contributed by atoms with Gasteiger partial charge in [0.05, 0.1) is 10.5 Å². The van der Waals surface area contributed by atoms with Crippen LogP contribution in [-0.2, 0) is 4.79 Å². The van der Waals surface area contributed by atoms with Crippen molar-refractivity contribution in [1.82, 2.24) is 14.4 Å². The van der Waals surface area contributed by atoms with E-state index in [-0.39, 0.29) is 11.8 Å². The van der Waals surface area contributed by atoms with E-state index in [1.54, 1.807) is 0 Å². The molecule has 0 radical (unpaired) electrons. The SMILES string of the molecule is CCN(CC)c1ccc2c(-c3ccccc3C(=O)N3CCN(C(=O)CI)CC3)c3ccc(=[N+](CC)CC)cc-3oc2c1. The maximum atomic E-state index is 14.0. The first-order valence-electron chi connectivity index (χ1n) is 15.0. The summed E-state index contributed by atoms with van der Waals surface area (Å²) in [7, 11) is 0. The number of hydrogen-bond donors (Lipinski definition) is 0. The van der Waals surface area contributed by atoms with E-state index >= 15 is 0 Å². The molecule has 2 aromatic carbocycles. The Morgan fingerprint density at radius 2 is 1.55 bits per heavy atom. The van der Waals surface area contributed by atoms with Gasteiger partial charge in [-0.1, -0.05) is 40.8 Å². The Bertz CT molecular complexity index is 1630. The maximum Gasteiger partial charge on any atom is 0.254 e. The lowest BCUT2D eigenvalue weighted by Crippen LogP contribution is -2.51. The van der Waals surface area contributed by atoms with Crippen LogP contribution in [0.25, 0.3) is 33.4 Å². The molecule has 1 saturated heterocycles. The number of fused-ring (bicyclic) bond motifs is 2. The Morgan fingerprint density at radius 3 is 2.21 bits per heavy atom. The molecule has 0 bridgehead atoms. The molecule has 2 aliphatic heterocycles. The minimum Gasteiger partial charge on any atom is -0.456 e. The zero-order valence-electron chi connectivity index (χ0n) is 25.0. The third-order valence-electron chi connectivity index (χ3n) is 8.41. The van der Waals surface area contributed by atoms with E-state index in [4.69, 9.17) is 4.42 Å². The quantitative estimate of drug-likeness (QED) is 0.106. The molecule has 0 atom stereocenters. The summed E-state index contributed by atoms with van der Waals surface area (Å²) in [5.41, 5.74) is 5.46. The Morgan fingerprint density at radius 1 is 0.857 bits per heavy atom. The van der Waals surface area contributed by atoms with Crippen LogP contribution in [0.1, 0.15) is 38.1 Å². The molecule has 0 unspecified atom stereocenters. The lowest BCUT2D eigenvalue weighted by molar-refractivity contribution is -0.129. The first-order chi connectivity index (χ1) is 20.4. The van der Waals surface area contributed by atoms with Crippen LogP contribution in [0.5, 0.6) is 0 Å². The molecular formula is C34H40IN4O3+. The van der Waals surface area contributed by atoms with Gasteiger partial charge in [0.1, 0.15) is 24.4 Å². The number of piperazine rings is 1. The molecule has 1 aliphatic carbocycles. The second-order valence-electron chi connectivity index (χ2n) is 10.5. The number of hydrogen-bond acceptors (Lipinski definition) is 4. The standard InChI is InChI=1S/C34H40IN4O3/c1-5-36(6-2)24-13-15-28-30(21-24)42-31-22-25(37(7-3)8-4)14-16-29(31)33(28)26-11-9-10-12-27(26)34(41)39-19-17-38(18-20-39)32(40)23-35/h9-16,21-22H,5-8,17-20,23H2,1-4H3/q+1. The predicted octanol–water partition coefficient (Wildman–Crippen LogP) is 5.58. The van der Waals surface area contributed by atoms with Crippen LogP contribution in [0.15, 0.2) is 65.1 Å². The third kappa shape index (κ3) is 5.78. The van der Waals surface area contributed by atoms with E-state index in [0.717, 1.165) is 70.6 Å². The van der Waals surface area contributed by atoms with Gasteiger partial charge >= 0.3 is 0 Å². The first-order valence-corrected chi connectivity index (χ1v) is 16.5. The largest absolute Gasteiger partial charge is 0.456 e. The highest BCUT2D eigenvalue weighted by Gasteiger charge is 2.28. The van der Waals surface area contributed by atoms with Gasteiger partial charge in [0, 0.05) is 79.2 Å². The predicted molar refractivity (Wildman–Crippen MR) is 180 cm³/mol. The molecule has 2 aromatic rings. The van der Waals surface area contributed by atoms with Crippen molar-refractivity contribution in [3.05, 3.63) is 71.6 Å². The molecule has 220 valence electrons. The number of halogens is 1. The Kier molecular flexibility index (Phi) is 9.50. The Labute approximate surface area is 261 Å². The van der Waals surface area contributed by atoms with Gasteiger partial charge in [-0.3, -0.25) is 9.59 Å². The molecule has 0 aromatic heterocycles. The summed E-state index contributed by atoms with van der Waals surface area (Å²) in [4.78, 5) is 32.3. The van der Waals surface area contributed by atoms with Gasteiger partial charge in [-0.05, 0) is 57.5 Å². The smallest absolute Gasteiger partial charge is 0.254 e. The number of carbonyl (C=O) groups is 2. The molecule has 1 fully saturated rings. The average molecular weight is 680 g/mol. The Hall–Kier alpha value is -3.40. The van der Waals surface area contributed by atoms with Crippen molar-refractivity contribution in [2.24, 2.45) is 0 Å². The van der Waals surface area contributed by atoms with Crippen LogP contribution in [-0.4, -0.2) is 78.4 Å². The molecule has 0 saturated carbocycles. The normalized spacial score (nSPS) is 13.5. The van der Waals surface area contributed by atoms with Crippen LogP contribution < -0.4 is 14.8 Å². The van der Waals surface area contributed by atoms with Crippen molar-refractivity contribution in [2.75, 3.05) is 61.7 Å². The summed E-state index contributed by atoms with van der Waals surface area (Å²) in [5, 5.41) is 2.09. The highest BCUT2D eigenvalue weighted by Crippen LogP contribution is 2.42. The van der Waals surface area contributed by atoms with E-state index in [1.807, 2.05) is 34.1 Å². The van der Waals surface area contributed by atoms with Crippen LogP contribution in [0, 0.1) is 0 Å². The summed E-state index contributed by atoms with van der Waals surface area (Å²) in [6.45, 7) is 14.4. The number of amides is 2. The highest BCUT2D eigenvalue weighted by atomic mass is 127. The molecule has 5 rings (SSSR count). The van der Waals surface area contributed by atoms with Gasteiger partial charge in [-0.2, -0.15) is 0 Å². The minimum absolute atomic E-state index is 0.00575. The number of anilines is 1. The molecule has 3 aliphatic rings. The summed E-state index contributed by atoms with van der Waals surface area (Å²) < 4.78 is 9.41. The fourth-order valence-electron chi connectivity index (χ4n) is 6.03. The van der Waals surface area contributed by atoms with Crippen molar-refractivity contribution in [2.45, 2.75) is 27.7 Å². The lowest BCUT2D eigenvalue weighted by atomic mass is 9.90. The van der Waals surface area contributed by atoms with E-state index in [9.17, 15) is 9.59 Å². The second kappa shape index (κ2) is 13.3. The fourth-order valence-corrected chi connectivity index (χ4v) is 6.51. The molecule has 0 spiro atoms. The van der Waals surface area contributed by atoms with Crippen molar-refractivity contribution in [3.8, 4) is 22.5 Å². The van der Waals surface area contributed by atoms with E-state index in [1.165, 1.54) is 0 Å². The van der Waals surface area contributed by atoms with Crippen molar-refractivity contribution in [1.29, 1.82) is 0 Å². The van der Waals surface area contributed by atoms with Gasteiger partial charge < -0.3 is 19.1 Å². The highest BCUT2D eigenvalue weighted by molar-refractivity contribution is 14.1. The Balaban J connectivity index is 1.69. The molecule has 42 heavy (non-hydrogen) atoms.